The molecule has 0 aromatic heterocycles. The normalized spacial score (nSPS) is 21.9. The van der Waals surface area contributed by atoms with Crippen LogP contribution in [0.5, 0.6) is 0 Å². The number of hydrogen-bond acceptors (Lipinski definition) is 2. The van der Waals surface area contributed by atoms with Gasteiger partial charge in [-0.05, 0) is 6.42 Å². The second-order valence-electron chi connectivity index (χ2n) is 2.99. The van der Waals surface area contributed by atoms with Crippen LogP contribution in [0.15, 0.2) is 35.3 Å². The first-order chi connectivity index (χ1) is 6.36. The van der Waals surface area contributed by atoms with Gasteiger partial charge < -0.3 is 5.32 Å². The number of halogens is 1. The summed E-state index contributed by atoms with van der Waals surface area (Å²) in [7, 11) is 0. The van der Waals surface area contributed by atoms with Gasteiger partial charge in [-0.25, -0.2) is 0 Å². The van der Waals surface area contributed by atoms with Crippen molar-refractivity contribution in [3.63, 3.8) is 0 Å². The van der Waals surface area contributed by atoms with Gasteiger partial charge in [0.05, 0.1) is 0 Å². The molecule has 1 heterocycles. The average Bonchev–Trinajstić information content (AvgIpc) is 2.19. The van der Waals surface area contributed by atoms with Crippen LogP contribution < -0.4 is 5.32 Å². The fraction of sp³-hybridized carbons (Fsp3) is 0.300. The van der Waals surface area contributed by atoms with E-state index in [1.807, 2.05) is 18.2 Å². The summed E-state index contributed by atoms with van der Waals surface area (Å²) < 4.78 is 0.425. The summed E-state index contributed by atoms with van der Waals surface area (Å²) in [5.74, 6) is 1.03. The van der Waals surface area contributed by atoms with E-state index < -0.39 is 0 Å². The third-order valence-electron chi connectivity index (χ3n) is 1.99. The molecule has 1 aliphatic rings. The molecule has 1 N–H and O–H groups in total. The minimum Gasteiger partial charge on any atom is -0.370 e. The van der Waals surface area contributed by atoms with E-state index in [9.17, 15) is 0 Å². The van der Waals surface area contributed by atoms with Gasteiger partial charge in [0.2, 0.25) is 0 Å². The fourth-order valence-corrected chi connectivity index (χ4v) is 1.92. The molecule has 3 heteroatoms. The number of aliphatic imine (C=N–C) groups is 1. The summed E-state index contributed by atoms with van der Waals surface area (Å²) >= 11 is 2.37. The van der Waals surface area contributed by atoms with Crippen molar-refractivity contribution < 1.29 is 0 Å². The molecule has 0 spiro atoms. The first-order valence-electron chi connectivity index (χ1n) is 4.37. The van der Waals surface area contributed by atoms with Crippen LogP contribution >= 0.6 is 22.6 Å². The van der Waals surface area contributed by atoms with Crippen LogP contribution in [0.1, 0.15) is 12.0 Å². The molecular weight excluding hydrogens is 275 g/mol. The predicted molar refractivity (Wildman–Crippen MR) is 63.4 cm³/mol. The third-order valence-corrected chi connectivity index (χ3v) is 2.89. The first kappa shape index (κ1) is 8.99. The van der Waals surface area contributed by atoms with Crippen molar-refractivity contribution in [2.24, 2.45) is 4.99 Å². The summed E-state index contributed by atoms with van der Waals surface area (Å²) in [4.78, 5) is 4.54. The molecule has 1 aromatic rings. The molecule has 0 saturated carbocycles. The SMILES string of the molecule is IC1CCNC(c2ccccc2)=N1. The number of alkyl halides is 1. The van der Waals surface area contributed by atoms with Crippen molar-refractivity contribution in [1.29, 1.82) is 0 Å². The number of benzene rings is 1. The fourth-order valence-electron chi connectivity index (χ4n) is 1.33. The smallest absolute Gasteiger partial charge is 0.129 e. The number of nitrogens with zero attached hydrogens (tertiary/aromatic N) is 1. The maximum absolute atomic E-state index is 4.54. The summed E-state index contributed by atoms with van der Waals surface area (Å²) in [5.41, 5.74) is 1.18. The van der Waals surface area contributed by atoms with Gasteiger partial charge in [-0.2, -0.15) is 0 Å². The van der Waals surface area contributed by atoms with E-state index in [-0.39, 0.29) is 0 Å². The van der Waals surface area contributed by atoms with Crippen LogP contribution in [-0.4, -0.2) is 16.4 Å². The Morgan fingerprint density at radius 1 is 1.31 bits per heavy atom. The first-order valence-corrected chi connectivity index (χ1v) is 5.62. The average molecular weight is 286 g/mol. The molecule has 68 valence electrons. The number of rotatable bonds is 1. The van der Waals surface area contributed by atoms with E-state index in [0.29, 0.717) is 4.05 Å². The van der Waals surface area contributed by atoms with E-state index in [4.69, 9.17) is 0 Å². The van der Waals surface area contributed by atoms with E-state index in [0.717, 1.165) is 18.8 Å². The van der Waals surface area contributed by atoms with Gasteiger partial charge in [0.1, 0.15) is 9.88 Å². The van der Waals surface area contributed by atoms with Crippen molar-refractivity contribution in [3.8, 4) is 0 Å². The number of nitrogens with one attached hydrogen (secondary N) is 1. The Hall–Kier alpha value is -0.580. The Balaban J connectivity index is 2.26. The second kappa shape index (κ2) is 4.09. The molecule has 0 saturated heterocycles. The van der Waals surface area contributed by atoms with E-state index in [1.165, 1.54) is 5.56 Å². The maximum Gasteiger partial charge on any atom is 0.129 e. The van der Waals surface area contributed by atoms with Gasteiger partial charge in [-0.15, -0.1) is 0 Å². The molecule has 1 atom stereocenters. The number of amidine groups is 1. The quantitative estimate of drug-likeness (QED) is 0.477. The molecule has 13 heavy (non-hydrogen) atoms. The molecule has 1 unspecified atom stereocenters. The van der Waals surface area contributed by atoms with Gasteiger partial charge >= 0.3 is 0 Å². The highest BCUT2D eigenvalue weighted by molar-refractivity contribution is 14.1. The van der Waals surface area contributed by atoms with E-state index >= 15 is 0 Å². The Kier molecular flexibility index (Phi) is 2.83. The Morgan fingerprint density at radius 2 is 2.08 bits per heavy atom. The Morgan fingerprint density at radius 3 is 2.77 bits per heavy atom. The van der Waals surface area contributed by atoms with E-state index in [1.54, 1.807) is 0 Å². The zero-order valence-corrected chi connectivity index (χ0v) is 9.36. The van der Waals surface area contributed by atoms with Crippen LogP contribution in [0, 0.1) is 0 Å². The Labute approximate surface area is 91.6 Å². The molecule has 1 aromatic carbocycles. The monoisotopic (exact) mass is 286 g/mol. The minimum atomic E-state index is 0.425. The van der Waals surface area contributed by atoms with Gasteiger partial charge in [0, 0.05) is 12.1 Å². The summed E-state index contributed by atoms with van der Waals surface area (Å²) in [5, 5.41) is 3.31. The van der Waals surface area contributed by atoms with Gasteiger partial charge in [0.15, 0.2) is 0 Å². The van der Waals surface area contributed by atoms with Crippen molar-refractivity contribution in [2.45, 2.75) is 10.5 Å². The lowest BCUT2D eigenvalue weighted by molar-refractivity contribution is 0.725. The molecule has 0 fully saturated rings. The largest absolute Gasteiger partial charge is 0.370 e. The van der Waals surface area contributed by atoms with Crippen LogP contribution in [-0.2, 0) is 0 Å². The molecule has 0 aliphatic carbocycles. The lowest BCUT2D eigenvalue weighted by Crippen LogP contribution is -2.32. The molecule has 0 bridgehead atoms. The summed E-state index contributed by atoms with van der Waals surface area (Å²) in [6.45, 7) is 1.03. The van der Waals surface area contributed by atoms with Crippen LogP contribution in [0.2, 0.25) is 0 Å². The lowest BCUT2D eigenvalue weighted by atomic mass is 10.2. The van der Waals surface area contributed by atoms with Gasteiger partial charge in [-0.1, -0.05) is 52.9 Å². The standard InChI is InChI=1S/C10H11IN2/c11-9-6-7-12-10(13-9)8-4-2-1-3-5-8/h1-5,9H,6-7H2,(H,12,13). The zero-order chi connectivity index (χ0) is 9.10. The van der Waals surface area contributed by atoms with Crippen LogP contribution in [0.3, 0.4) is 0 Å². The molecule has 0 amide bonds. The maximum atomic E-state index is 4.54. The van der Waals surface area contributed by atoms with Gasteiger partial charge in [0.25, 0.3) is 0 Å². The lowest BCUT2D eigenvalue weighted by Gasteiger charge is -2.18. The van der Waals surface area contributed by atoms with E-state index in [2.05, 4.69) is 45.0 Å². The molecule has 1 aliphatic heterocycles. The summed E-state index contributed by atoms with van der Waals surface area (Å²) in [6, 6.07) is 10.3. The molecule has 0 radical (unpaired) electrons. The summed E-state index contributed by atoms with van der Waals surface area (Å²) in [6.07, 6.45) is 1.12. The second-order valence-corrected chi connectivity index (χ2v) is 4.43. The molecule has 2 nitrogen and oxygen atoms in total. The molecular formula is C10H11IN2. The zero-order valence-electron chi connectivity index (χ0n) is 7.20. The van der Waals surface area contributed by atoms with Crippen molar-refractivity contribution >= 4 is 28.4 Å². The van der Waals surface area contributed by atoms with Crippen molar-refractivity contribution in [3.05, 3.63) is 35.9 Å². The third kappa shape index (κ3) is 2.21. The molecule has 2 rings (SSSR count). The highest BCUT2D eigenvalue weighted by Gasteiger charge is 2.11. The predicted octanol–water partition coefficient (Wildman–Crippen LogP) is 2.19. The van der Waals surface area contributed by atoms with Gasteiger partial charge in [-0.3, -0.25) is 4.99 Å². The Bertz CT molecular complexity index is 308. The van der Waals surface area contributed by atoms with Crippen LogP contribution in [0.4, 0.5) is 0 Å². The van der Waals surface area contributed by atoms with Crippen molar-refractivity contribution in [1.82, 2.24) is 5.32 Å². The van der Waals surface area contributed by atoms with Crippen LogP contribution in [0.25, 0.3) is 0 Å². The highest BCUT2D eigenvalue weighted by atomic mass is 127. The topological polar surface area (TPSA) is 24.4 Å². The minimum absolute atomic E-state index is 0.425. The van der Waals surface area contributed by atoms with Crippen molar-refractivity contribution in [2.75, 3.05) is 6.54 Å². The highest BCUT2D eigenvalue weighted by Crippen LogP contribution is 2.13. The number of hydrogen-bond donors (Lipinski definition) is 1.